The van der Waals surface area contributed by atoms with Crippen LogP contribution in [0.1, 0.15) is 16.1 Å². The first-order valence-electron chi connectivity index (χ1n) is 6.18. The maximum atomic E-state index is 12.3. The number of nitrogens with one attached hydrogen (secondary N) is 1. The van der Waals surface area contributed by atoms with Gasteiger partial charge in [0.1, 0.15) is 0 Å². The highest BCUT2D eigenvalue weighted by Crippen LogP contribution is 2.21. The fourth-order valence-corrected chi connectivity index (χ4v) is 2.10. The summed E-state index contributed by atoms with van der Waals surface area (Å²) in [5.74, 6) is 0.0165. The summed E-state index contributed by atoms with van der Waals surface area (Å²) >= 11 is 0. The standard InChI is InChI=1S/C17H13NO/c19-17(16-10-5-11-18-16)15-9-4-8-14(12-15)13-6-2-1-3-7-13/h1-12,18H. The molecule has 0 spiro atoms. The molecule has 0 aliphatic carbocycles. The highest BCUT2D eigenvalue weighted by Gasteiger charge is 2.10. The molecular weight excluding hydrogens is 234 g/mol. The van der Waals surface area contributed by atoms with Crippen molar-refractivity contribution >= 4 is 5.78 Å². The van der Waals surface area contributed by atoms with E-state index in [9.17, 15) is 4.79 Å². The molecule has 0 saturated heterocycles. The van der Waals surface area contributed by atoms with Crippen molar-refractivity contribution < 1.29 is 4.79 Å². The van der Waals surface area contributed by atoms with Crippen molar-refractivity contribution in [2.75, 3.05) is 0 Å². The van der Waals surface area contributed by atoms with Gasteiger partial charge in [0, 0.05) is 11.8 Å². The fourth-order valence-electron chi connectivity index (χ4n) is 2.10. The summed E-state index contributed by atoms with van der Waals surface area (Å²) in [4.78, 5) is 15.2. The van der Waals surface area contributed by atoms with Crippen LogP contribution in [-0.2, 0) is 0 Å². The van der Waals surface area contributed by atoms with Gasteiger partial charge in [0.2, 0.25) is 5.78 Å². The number of rotatable bonds is 3. The molecule has 0 aliphatic heterocycles. The molecule has 2 nitrogen and oxygen atoms in total. The molecule has 1 N–H and O–H groups in total. The van der Waals surface area contributed by atoms with Crippen LogP contribution >= 0.6 is 0 Å². The van der Waals surface area contributed by atoms with Gasteiger partial charge in [-0.25, -0.2) is 0 Å². The van der Waals surface area contributed by atoms with Crippen molar-refractivity contribution in [1.82, 2.24) is 4.98 Å². The van der Waals surface area contributed by atoms with Gasteiger partial charge in [-0.3, -0.25) is 4.79 Å². The van der Waals surface area contributed by atoms with Gasteiger partial charge in [-0.15, -0.1) is 0 Å². The quantitative estimate of drug-likeness (QED) is 0.699. The van der Waals surface area contributed by atoms with E-state index in [4.69, 9.17) is 0 Å². The Morgan fingerprint density at radius 3 is 2.32 bits per heavy atom. The maximum absolute atomic E-state index is 12.3. The lowest BCUT2D eigenvalue weighted by molar-refractivity contribution is 0.103. The SMILES string of the molecule is O=C(c1cccc(-c2ccccc2)c1)c1ccc[nH]1. The smallest absolute Gasteiger partial charge is 0.209 e. The van der Waals surface area contributed by atoms with Crippen LogP contribution in [0.3, 0.4) is 0 Å². The van der Waals surface area contributed by atoms with Crippen LogP contribution < -0.4 is 0 Å². The Morgan fingerprint density at radius 1 is 0.789 bits per heavy atom. The average Bonchev–Trinajstić information content (AvgIpc) is 3.02. The number of hydrogen-bond donors (Lipinski definition) is 1. The van der Waals surface area contributed by atoms with Crippen molar-refractivity contribution in [2.45, 2.75) is 0 Å². The van der Waals surface area contributed by atoms with Gasteiger partial charge in [-0.05, 0) is 29.3 Å². The molecule has 19 heavy (non-hydrogen) atoms. The van der Waals surface area contributed by atoms with Crippen LogP contribution in [0.5, 0.6) is 0 Å². The van der Waals surface area contributed by atoms with E-state index >= 15 is 0 Å². The second-order valence-electron chi connectivity index (χ2n) is 4.36. The van der Waals surface area contributed by atoms with E-state index in [1.165, 1.54) is 0 Å². The zero-order valence-corrected chi connectivity index (χ0v) is 10.3. The molecule has 1 heterocycles. The Balaban J connectivity index is 1.99. The van der Waals surface area contributed by atoms with Crippen LogP contribution in [0.25, 0.3) is 11.1 Å². The summed E-state index contributed by atoms with van der Waals surface area (Å²) in [7, 11) is 0. The minimum atomic E-state index is 0.0165. The molecule has 0 saturated carbocycles. The summed E-state index contributed by atoms with van der Waals surface area (Å²) in [6.07, 6.45) is 1.76. The zero-order chi connectivity index (χ0) is 13.1. The Labute approximate surface area is 111 Å². The highest BCUT2D eigenvalue weighted by molar-refractivity contribution is 6.08. The first kappa shape index (κ1) is 11.5. The summed E-state index contributed by atoms with van der Waals surface area (Å²) in [5, 5.41) is 0. The predicted octanol–water partition coefficient (Wildman–Crippen LogP) is 3.91. The molecule has 3 rings (SSSR count). The maximum Gasteiger partial charge on any atom is 0.209 e. The topological polar surface area (TPSA) is 32.9 Å². The molecular formula is C17H13NO. The Hall–Kier alpha value is -2.61. The van der Waals surface area contributed by atoms with Gasteiger partial charge in [0.15, 0.2) is 0 Å². The molecule has 2 aromatic carbocycles. The van der Waals surface area contributed by atoms with Gasteiger partial charge in [-0.1, -0.05) is 48.5 Å². The summed E-state index contributed by atoms with van der Waals surface area (Å²) in [5.41, 5.74) is 3.48. The molecule has 3 aromatic rings. The lowest BCUT2D eigenvalue weighted by atomic mass is 10.0. The molecule has 0 unspecified atom stereocenters. The minimum Gasteiger partial charge on any atom is -0.359 e. The Kier molecular flexibility index (Phi) is 2.99. The van der Waals surface area contributed by atoms with Gasteiger partial charge in [-0.2, -0.15) is 0 Å². The van der Waals surface area contributed by atoms with E-state index in [0.29, 0.717) is 11.3 Å². The van der Waals surface area contributed by atoms with Crippen molar-refractivity contribution in [3.8, 4) is 11.1 Å². The van der Waals surface area contributed by atoms with Crippen LogP contribution in [0.15, 0.2) is 72.9 Å². The van der Waals surface area contributed by atoms with Crippen LogP contribution in [0, 0.1) is 0 Å². The Morgan fingerprint density at radius 2 is 1.58 bits per heavy atom. The van der Waals surface area contributed by atoms with Crippen LogP contribution in [0.4, 0.5) is 0 Å². The molecule has 0 atom stereocenters. The number of aromatic amines is 1. The largest absolute Gasteiger partial charge is 0.359 e. The van der Waals surface area contributed by atoms with Crippen LogP contribution in [0.2, 0.25) is 0 Å². The van der Waals surface area contributed by atoms with Crippen LogP contribution in [-0.4, -0.2) is 10.8 Å². The van der Waals surface area contributed by atoms with E-state index in [2.05, 4.69) is 4.98 Å². The molecule has 0 radical (unpaired) electrons. The Bertz CT molecular complexity index is 684. The summed E-state index contributed by atoms with van der Waals surface area (Å²) in [6, 6.07) is 21.4. The molecule has 1 aromatic heterocycles. The number of hydrogen-bond acceptors (Lipinski definition) is 1. The second kappa shape index (κ2) is 4.94. The number of carbonyl (C=O) groups excluding carboxylic acids is 1. The van der Waals surface area contributed by atoms with Crippen molar-refractivity contribution in [3.63, 3.8) is 0 Å². The molecule has 92 valence electrons. The lowest BCUT2D eigenvalue weighted by Gasteiger charge is -2.04. The van der Waals surface area contributed by atoms with Crippen molar-refractivity contribution in [1.29, 1.82) is 0 Å². The molecule has 2 heteroatoms. The molecule has 0 fully saturated rings. The van der Waals surface area contributed by atoms with Gasteiger partial charge in [0.25, 0.3) is 0 Å². The first-order chi connectivity index (χ1) is 9.34. The van der Waals surface area contributed by atoms with Crippen molar-refractivity contribution in [2.24, 2.45) is 0 Å². The monoisotopic (exact) mass is 247 g/mol. The zero-order valence-electron chi connectivity index (χ0n) is 10.3. The molecule has 0 bridgehead atoms. The third-order valence-corrected chi connectivity index (χ3v) is 3.07. The number of carbonyl (C=O) groups is 1. The third-order valence-electron chi connectivity index (χ3n) is 3.07. The highest BCUT2D eigenvalue weighted by atomic mass is 16.1. The minimum absolute atomic E-state index is 0.0165. The van der Waals surface area contributed by atoms with Gasteiger partial charge < -0.3 is 4.98 Å². The second-order valence-corrected chi connectivity index (χ2v) is 4.36. The predicted molar refractivity (Wildman–Crippen MR) is 76.1 cm³/mol. The van der Waals surface area contributed by atoms with E-state index < -0.39 is 0 Å². The normalized spacial score (nSPS) is 10.3. The summed E-state index contributed by atoms with van der Waals surface area (Å²) in [6.45, 7) is 0. The lowest BCUT2D eigenvalue weighted by Crippen LogP contribution is -2.01. The van der Waals surface area contributed by atoms with E-state index in [-0.39, 0.29) is 5.78 Å². The van der Waals surface area contributed by atoms with Crippen molar-refractivity contribution in [3.05, 3.63) is 84.2 Å². The fraction of sp³-hybridized carbons (Fsp3) is 0. The summed E-state index contributed by atoms with van der Waals surface area (Å²) < 4.78 is 0. The average molecular weight is 247 g/mol. The van der Waals surface area contributed by atoms with E-state index in [1.54, 1.807) is 12.3 Å². The van der Waals surface area contributed by atoms with E-state index in [1.807, 2.05) is 60.7 Å². The molecule has 0 aliphatic rings. The van der Waals surface area contributed by atoms with Gasteiger partial charge >= 0.3 is 0 Å². The number of ketones is 1. The van der Waals surface area contributed by atoms with E-state index in [0.717, 1.165) is 11.1 Å². The number of benzene rings is 2. The number of H-pyrrole nitrogens is 1. The number of aromatic nitrogens is 1. The third kappa shape index (κ3) is 2.33. The first-order valence-corrected chi connectivity index (χ1v) is 6.18. The molecule has 0 amide bonds. The van der Waals surface area contributed by atoms with Gasteiger partial charge in [0.05, 0.1) is 5.69 Å².